The molecular weight excluding hydrogens is 394 g/mol. The summed E-state index contributed by atoms with van der Waals surface area (Å²) in [5.74, 6) is -0.994. The molecule has 9 heteroatoms. The largest absolute Gasteiger partial charge is 0.338 e. The number of likely N-dealkylation sites (tertiary alicyclic amines) is 1. The van der Waals surface area contributed by atoms with Gasteiger partial charge in [-0.15, -0.1) is 0 Å². The molecule has 0 saturated carbocycles. The molecule has 2 aliphatic rings. The summed E-state index contributed by atoms with van der Waals surface area (Å²) in [6.07, 6.45) is 0.290. The first kappa shape index (κ1) is 21.4. The Morgan fingerprint density at radius 2 is 1.45 bits per heavy atom. The van der Waals surface area contributed by atoms with Crippen molar-refractivity contribution in [2.45, 2.75) is 43.9 Å². The van der Waals surface area contributed by atoms with E-state index in [1.807, 2.05) is 12.1 Å². The zero-order valence-corrected chi connectivity index (χ0v) is 17.9. The first-order valence-electron chi connectivity index (χ1n) is 9.72. The number of rotatable bonds is 4. The van der Waals surface area contributed by atoms with Crippen molar-refractivity contribution in [3.05, 3.63) is 29.8 Å². The van der Waals surface area contributed by atoms with E-state index in [9.17, 15) is 22.8 Å². The van der Waals surface area contributed by atoms with Crippen LogP contribution in [0.4, 0.5) is 0 Å². The van der Waals surface area contributed by atoms with E-state index in [0.29, 0.717) is 0 Å². The Labute approximate surface area is 171 Å². The lowest BCUT2D eigenvalue weighted by molar-refractivity contribution is -0.145. The standard InChI is InChI=1S/C20H27N3O5S/c1-20(2,3)15-4-6-16(7-5-15)29(27,28)22-12-10-21(11-13-22)19(26)14-23-17(24)8-9-18(23)25/h4-7H,8-14H2,1-3H3. The molecule has 0 aromatic heterocycles. The molecule has 3 rings (SSSR count). The summed E-state index contributed by atoms with van der Waals surface area (Å²) in [6, 6.07) is 6.91. The second-order valence-electron chi connectivity index (χ2n) is 8.43. The van der Waals surface area contributed by atoms with Crippen molar-refractivity contribution in [3.63, 3.8) is 0 Å². The number of benzene rings is 1. The maximum absolute atomic E-state index is 12.9. The van der Waals surface area contributed by atoms with E-state index >= 15 is 0 Å². The highest BCUT2D eigenvalue weighted by atomic mass is 32.2. The minimum absolute atomic E-state index is 0.0631. The van der Waals surface area contributed by atoms with Gasteiger partial charge < -0.3 is 4.90 Å². The normalized spacial score (nSPS) is 19.1. The van der Waals surface area contributed by atoms with Crippen molar-refractivity contribution in [3.8, 4) is 0 Å². The van der Waals surface area contributed by atoms with Gasteiger partial charge in [-0.1, -0.05) is 32.9 Å². The summed E-state index contributed by atoms with van der Waals surface area (Å²) in [5.41, 5.74) is 0.990. The Bertz CT molecular complexity index is 894. The lowest BCUT2D eigenvalue weighted by Crippen LogP contribution is -2.53. The predicted molar refractivity (Wildman–Crippen MR) is 106 cm³/mol. The Kier molecular flexibility index (Phi) is 5.82. The number of sulfonamides is 1. The van der Waals surface area contributed by atoms with Crippen LogP contribution in [0.3, 0.4) is 0 Å². The van der Waals surface area contributed by atoms with Crippen LogP contribution in [0.2, 0.25) is 0 Å². The smallest absolute Gasteiger partial charge is 0.243 e. The van der Waals surface area contributed by atoms with Gasteiger partial charge >= 0.3 is 0 Å². The molecule has 0 N–H and O–H groups in total. The number of piperazine rings is 1. The van der Waals surface area contributed by atoms with Gasteiger partial charge in [-0.2, -0.15) is 4.31 Å². The number of imide groups is 1. The van der Waals surface area contributed by atoms with Gasteiger partial charge in [0.1, 0.15) is 6.54 Å². The molecule has 0 atom stereocenters. The highest BCUT2D eigenvalue weighted by molar-refractivity contribution is 7.89. The second-order valence-corrected chi connectivity index (χ2v) is 10.4. The van der Waals surface area contributed by atoms with Crippen molar-refractivity contribution in [1.29, 1.82) is 0 Å². The maximum Gasteiger partial charge on any atom is 0.243 e. The van der Waals surface area contributed by atoms with Crippen LogP contribution in [0.25, 0.3) is 0 Å². The summed E-state index contributed by atoms with van der Waals surface area (Å²) in [5, 5.41) is 0. The van der Waals surface area contributed by atoms with E-state index in [4.69, 9.17) is 0 Å². The summed E-state index contributed by atoms with van der Waals surface area (Å²) >= 11 is 0. The first-order valence-corrected chi connectivity index (χ1v) is 11.2. The molecule has 3 amide bonds. The number of carbonyl (C=O) groups excluding carboxylic acids is 3. The lowest BCUT2D eigenvalue weighted by Gasteiger charge is -2.34. The molecule has 2 fully saturated rings. The lowest BCUT2D eigenvalue weighted by atomic mass is 9.87. The van der Waals surface area contributed by atoms with Crippen LogP contribution in [0, 0.1) is 0 Å². The SMILES string of the molecule is CC(C)(C)c1ccc(S(=O)(=O)N2CCN(C(=O)CN3C(=O)CCC3=O)CC2)cc1. The fourth-order valence-electron chi connectivity index (χ4n) is 3.49. The molecule has 2 aliphatic heterocycles. The molecule has 29 heavy (non-hydrogen) atoms. The van der Waals surface area contributed by atoms with E-state index in [1.54, 1.807) is 12.1 Å². The number of carbonyl (C=O) groups is 3. The molecule has 2 saturated heterocycles. The number of nitrogens with zero attached hydrogens (tertiary/aromatic N) is 3. The minimum Gasteiger partial charge on any atom is -0.338 e. The van der Waals surface area contributed by atoms with Crippen LogP contribution in [-0.2, 0) is 29.8 Å². The van der Waals surface area contributed by atoms with Crippen molar-refractivity contribution in [1.82, 2.24) is 14.1 Å². The van der Waals surface area contributed by atoms with Crippen molar-refractivity contribution in [2.75, 3.05) is 32.7 Å². The highest BCUT2D eigenvalue weighted by Gasteiger charge is 2.34. The van der Waals surface area contributed by atoms with Gasteiger partial charge in [0.25, 0.3) is 0 Å². The minimum atomic E-state index is -3.64. The van der Waals surface area contributed by atoms with E-state index in [-0.39, 0.29) is 73.6 Å². The van der Waals surface area contributed by atoms with Gasteiger partial charge in [0.15, 0.2) is 0 Å². The third-order valence-electron chi connectivity index (χ3n) is 5.40. The third kappa shape index (κ3) is 4.51. The maximum atomic E-state index is 12.9. The number of amides is 3. The fourth-order valence-corrected chi connectivity index (χ4v) is 4.91. The molecule has 0 unspecified atom stereocenters. The van der Waals surface area contributed by atoms with Crippen molar-refractivity contribution in [2.24, 2.45) is 0 Å². The van der Waals surface area contributed by atoms with Crippen LogP contribution in [0.5, 0.6) is 0 Å². The van der Waals surface area contributed by atoms with Gasteiger partial charge in [-0.25, -0.2) is 8.42 Å². The molecule has 2 heterocycles. The topological polar surface area (TPSA) is 95.1 Å². The Hall–Kier alpha value is -2.26. The first-order chi connectivity index (χ1) is 13.5. The average molecular weight is 422 g/mol. The molecule has 158 valence electrons. The quantitative estimate of drug-likeness (QED) is 0.675. The molecule has 1 aromatic rings. The van der Waals surface area contributed by atoms with Gasteiger partial charge in [0, 0.05) is 39.0 Å². The average Bonchev–Trinajstić information content (AvgIpc) is 2.99. The van der Waals surface area contributed by atoms with Crippen LogP contribution in [-0.4, -0.2) is 73.0 Å². The van der Waals surface area contributed by atoms with Crippen LogP contribution in [0.1, 0.15) is 39.2 Å². The third-order valence-corrected chi connectivity index (χ3v) is 7.31. The molecule has 0 aliphatic carbocycles. The molecular formula is C20H27N3O5S. The number of hydrogen-bond acceptors (Lipinski definition) is 5. The van der Waals surface area contributed by atoms with Crippen LogP contribution < -0.4 is 0 Å². The zero-order valence-electron chi connectivity index (χ0n) is 17.1. The van der Waals surface area contributed by atoms with Gasteiger partial charge in [-0.3, -0.25) is 19.3 Å². The predicted octanol–water partition coefficient (Wildman–Crippen LogP) is 0.966. The van der Waals surface area contributed by atoms with E-state index < -0.39 is 10.0 Å². The van der Waals surface area contributed by atoms with Crippen molar-refractivity contribution >= 4 is 27.7 Å². The second kappa shape index (κ2) is 7.87. The number of hydrogen-bond donors (Lipinski definition) is 0. The highest BCUT2D eigenvalue weighted by Crippen LogP contribution is 2.25. The van der Waals surface area contributed by atoms with E-state index in [0.717, 1.165) is 10.5 Å². The summed E-state index contributed by atoms with van der Waals surface area (Å²) < 4.78 is 27.2. The molecule has 0 bridgehead atoms. The zero-order chi connectivity index (χ0) is 21.4. The Balaban J connectivity index is 1.61. The van der Waals surface area contributed by atoms with Crippen molar-refractivity contribution < 1.29 is 22.8 Å². The molecule has 1 aromatic carbocycles. The van der Waals surface area contributed by atoms with Crippen LogP contribution in [0.15, 0.2) is 29.2 Å². The van der Waals surface area contributed by atoms with Gasteiger partial charge in [0.2, 0.25) is 27.7 Å². The van der Waals surface area contributed by atoms with Crippen LogP contribution >= 0.6 is 0 Å². The van der Waals surface area contributed by atoms with E-state index in [2.05, 4.69) is 20.8 Å². The summed E-state index contributed by atoms with van der Waals surface area (Å²) in [4.78, 5) is 38.5. The van der Waals surface area contributed by atoms with Gasteiger partial charge in [-0.05, 0) is 23.1 Å². The monoisotopic (exact) mass is 421 g/mol. The van der Waals surface area contributed by atoms with Gasteiger partial charge in [0.05, 0.1) is 4.90 Å². The molecule has 0 spiro atoms. The van der Waals surface area contributed by atoms with E-state index in [1.165, 1.54) is 9.21 Å². The fraction of sp³-hybridized carbons (Fsp3) is 0.550. The Morgan fingerprint density at radius 1 is 0.931 bits per heavy atom. The molecule has 8 nitrogen and oxygen atoms in total. The Morgan fingerprint density at radius 3 is 1.93 bits per heavy atom. The summed E-state index contributed by atoms with van der Waals surface area (Å²) in [7, 11) is -3.64. The summed E-state index contributed by atoms with van der Waals surface area (Å²) in [6.45, 7) is 6.75. The molecule has 0 radical (unpaired) electrons.